The number of nitriles is 1. The van der Waals surface area contributed by atoms with Crippen molar-refractivity contribution in [3.05, 3.63) is 58.1 Å². The minimum atomic E-state index is -0.272. The number of nitrogens with one attached hydrogen (secondary N) is 1. The second-order valence-corrected chi connectivity index (χ2v) is 5.83. The summed E-state index contributed by atoms with van der Waals surface area (Å²) in [5.74, 6) is 0.435. The summed E-state index contributed by atoms with van der Waals surface area (Å²) < 4.78 is 5.54. The quantitative estimate of drug-likeness (QED) is 0.931. The van der Waals surface area contributed by atoms with E-state index in [1.165, 1.54) is 17.5 Å². The first-order valence-corrected chi connectivity index (χ1v) is 7.77. The van der Waals surface area contributed by atoms with Crippen molar-refractivity contribution in [2.45, 2.75) is 19.3 Å². The van der Waals surface area contributed by atoms with Crippen LogP contribution in [0.3, 0.4) is 0 Å². The number of carbonyl (C=O) groups is 1. The van der Waals surface area contributed by atoms with E-state index in [1.807, 2.05) is 18.2 Å². The number of halogens is 1. The van der Waals surface area contributed by atoms with Crippen LogP contribution >= 0.6 is 11.6 Å². The average Bonchev–Trinajstić information content (AvgIpc) is 3.01. The molecule has 0 spiro atoms. The third-order valence-electron chi connectivity index (χ3n) is 3.81. The molecule has 0 aliphatic heterocycles. The Morgan fingerprint density at radius 1 is 1.22 bits per heavy atom. The van der Waals surface area contributed by atoms with Crippen molar-refractivity contribution in [3.63, 3.8) is 0 Å². The zero-order valence-electron chi connectivity index (χ0n) is 12.4. The van der Waals surface area contributed by atoms with E-state index >= 15 is 0 Å². The highest BCUT2D eigenvalue weighted by molar-refractivity contribution is 6.32. The number of hydrogen-bond acceptors (Lipinski definition) is 3. The van der Waals surface area contributed by atoms with Crippen LogP contribution in [0, 0.1) is 11.3 Å². The highest BCUT2D eigenvalue weighted by Gasteiger charge is 2.12. The number of aryl methyl sites for hydroxylation is 2. The molecule has 1 aliphatic rings. The largest absolute Gasteiger partial charge is 0.484 e. The summed E-state index contributed by atoms with van der Waals surface area (Å²) >= 11 is 5.93. The summed E-state index contributed by atoms with van der Waals surface area (Å²) in [6, 6.07) is 12.7. The van der Waals surface area contributed by atoms with E-state index in [0.29, 0.717) is 22.0 Å². The lowest BCUT2D eigenvalue weighted by molar-refractivity contribution is -0.118. The summed E-state index contributed by atoms with van der Waals surface area (Å²) in [6.45, 7) is -0.0730. The molecule has 0 radical (unpaired) electrons. The predicted molar refractivity (Wildman–Crippen MR) is 88.8 cm³/mol. The molecule has 0 aromatic heterocycles. The first kappa shape index (κ1) is 15.4. The summed E-state index contributed by atoms with van der Waals surface area (Å²) in [5, 5.41) is 11.8. The lowest BCUT2D eigenvalue weighted by Crippen LogP contribution is -2.20. The third kappa shape index (κ3) is 3.64. The molecule has 0 saturated heterocycles. The Bertz CT molecular complexity index is 796. The fraction of sp³-hybridized carbons (Fsp3) is 0.222. The van der Waals surface area contributed by atoms with Crippen molar-refractivity contribution < 1.29 is 9.53 Å². The van der Waals surface area contributed by atoms with Gasteiger partial charge in [-0.25, -0.2) is 0 Å². The molecule has 5 heteroatoms. The molecule has 1 amide bonds. The van der Waals surface area contributed by atoms with Crippen LogP contribution in [0.25, 0.3) is 0 Å². The van der Waals surface area contributed by atoms with Gasteiger partial charge in [0.1, 0.15) is 11.8 Å². The normalized spacial score (nSPS) is 12.3. The number of benzene rings is 2. The lowest BCUT2D eigenvalue weighted by atomic mass is 10.1. The Labute approximate surface area is 139 Å². The van der Waals surface area contributed by atoms with Crippen LogP contribution in [0.5, 0.6) is 5.75 Å². The summed E-state index contributed by atoms with van der Waals surface area (Å²) in [7, 11) is 0. The molecule has 2 aromatic carbocycles. The van der Waals surface area contributed by atoms with Crippen LogP contribution in [0.4, 0.5) is 5.69 Å². The number of rotatable bonds is 4. The molecule has 0 fully saturated rings. The Morgan fingerprint density at radius 2 is 2.04 bits per heavy atom. The number of anilines is 1. The van der Waals surface area contributed by atoms with E-state index in [9.17, 15) is 4.79 Å². The molecule has 116 valence electrons. The average molecular weight is 327 g/mol. The molecule has 3 rings (SSSR count). The van der Waals surface area contributed by atoms with E-state index in [0.717, 1.165) is 12.8 Å². The Kier molecular flexibility index (Phi) is 4.50. The van der Waals surface area contributed by atoms with Crippen molar-refractivity contribution in [3.8, 4) is 11.8 Å². The van der Waals surface area contributed by atoms with Gasteiger partial charge in [-0.15, -0.1) is 0 Å². The van der Waals surface area contributed by atoms with Crippen LogP contribution in [-0.4, -0.2) is 12.5 Å². The highest BCUT2D eigenvalue weighted by atomic mass is 35.5. The Hall–Kier alpha value is -2.51. The SMILES string of the molecule is N#Cc1ccc(NC(=O)COc2ccc3c(c2)CCC3)cc1Cl. The lowest BCUT2D eigenvalue weighted by Gasteiger charge is -2.09. The maximum absolute atomic E-state index is 11.9. The molecule has 0 atom stereocenters. The number of ether oxygens (including phenoxy) is 1. The molecule has 0 heterocycles. The second kappa shape index (κ2) is 6.72. The van der Waals surface area contributed by atoms with Gasteiger partial charge >= 0.3 is 0 Å². The van der Waals surface area contributed by atoms with Crippen LogP contribution in [0.2, 0.25) is 5.02 Å². The second-order valence-electron chi connectivity index (χ2n) is 5.43. The van der Waals surface area contributed by atoms with Gasteiger partial charge in [0, 0.05) is 5.69 Å². The topological polar surface area (TPSA) is 62.1 Å². The van der Waals surface area contributed by atoms with Crippen molar-refractivity contribution in [2.24, 2.45) is 0 Å². The van der Waals surface area contributed by atoms with Crippen molar-refractivity contribution in [1.82, 2.24) is 0 Å². The molecule has 1 N–H and O–H groups in total. The van der Waals surface area contributed by atoms with Crippen molar-refractivity contribution >= 4 is 23.2 Å². The van der Waals surface area contributed by atoms with Gasteiger partial charge in [-0.05, 0) is 60.7 Å². The molecule has 0 saturated carbocycles. The molecule has 4 nitrogen and oxygen atoms in total. The van der Waals surface area contributed by atoms with Crippen LogP contribution < -0.4 is 10.1 Å². The molecule has 1 aliphatic carbocycles. The van der Waals surface area contributed by atoms with E-state index in [2.05, 4.69) is 11.4 Å². The molecule has 0 unspecified atom stereocenters. The predicted octanol–water partition coefficient (Wildman–Crippen LogP) is 3.72. The van der Waals surface area contributed by atoms with Gasteiger partial charge in [-0.1, -0.05) is 17.7 Å². The summed E-state index contributed by atoms with van der Waals surface area (Å²) in [5.41, 5.74) is 3.59. The fourth-order valence-electron chi connectivity index (χ4n) is 2.67. The minimum Gasteiger partial charge on any atom is -0.484 e. The van der Waals surface area contributed by atoms with Gasteiger partial charge in [-0.3, -0.25) is 4.79 Å². The number of fused-ring (bicyclic) bond motifs is 1. The zero-order valence-corrected chi connectivity index (χ0v) is 13.2. The number of hydrogen-bond donors (Lipinski definition) is 1. The third-order valence-corrected chi connectivity index (χ3v) is 4.13. The molecular weight excluding hydrogens is 312 g/mol. The monoisotopic (exact) mass is 326 g/mol. The standard InChI is InChI=1S/C18H15ClN2O2/c19-17-9-15(6-4-14(17)10-20)21-18(22)11-23-16-7-5-12-2-1-3-13(12)8-16/h4-9H,1-3,11H2,(H,21,22). The maximum Gasteiger partial charge on any atom is 0.262 e. The van der Waals surface area contributed by atoms with Gasteiger partial charge in [0.25, 0.3) is 5.91 Å². The molecular formula is C18H15ClN2O2. The van der Waals surface area contributed by atoms with Gasteiger partial charge in [-0.2, -0.15) is 5.26 Å². The molecule has 23 heavy (non-hydrogen) atoms. The minimum absolute atomic E-state index is 0.0730. The Balaban J connectivity index is 1.57. The highest BCUT2D eigenvalue weighted by Crippen LogP contribution is 2.26. The van der Waals surface area contributed by atoms with E-state index in [4.69, 9.17) is 21.6 Å². The summed E-state index contributed by atoms with van der Waals surface area (Å²) in [4.78, 5) is 11.9. The van der Waals surface area contributed by atoms with E-state index in [-0.39, 0.29) is 12.5 Å². The van der Waals surface area contributed by atoms with Crippen LogP contribution in [0.15, 0.2) is 36.4 Å². The van der Waals surface area contributed by atoms with Crippen molar-refractivity contribution in [2.75, 3.05) is 11.9 Å². The van der Waals surface area contributed by atoms with Crippen molar-refractivity contribution in [1.29, 1.82) is 5.26 Å². The van der Waals surface area contributed by atoms with E-state index < -0.39 is 0 Å². The zero-order chi connectivity index (χ0) is 16.2. The molecule has 2 aromatic rings. The number of amides is 1. The maximum atomic E-state index is 11.9. The van der Waals surface area contributed by atoms with Crippen LogP contribution in [0.1, 0.15) is 23.1 Å². The van der Waals surface area contributed by atoms with Crippen LogP contribution in [-0.2, 0) is 17.6 Å². The number of carbonyl (C=O) groups excluding carboxylic acids is 1. The first-order valence-electron chi connectivity index (χ1n) is 7.40. The first-order chi connectivity index (χ1) is 11.2. The molecule has 0 bridgehead atoms. The van der Waals surface area contributed by atoms with Gasteiger partial charge in [0.15, 0.2) is 6.61 Å². The number of nitrogens with zero attached hydrogens (tertiary/aromatic N) is 1. The summed E-state index contributed by atoms with van der Waals surface area (Å²) in [6.07, 6.45) is 3.37. The smallest absolute Gasteiger partial charge is 0.262 e. The van der Waals surface area contributed by atoms with Gasteiger partial charge in [0.05, 0.1) is 10.6 Å². The van der Waals surface area contributed by atoms with E-state index in [1.54, 1.807) is 18.2 Å². The Morgan fingerprint density at radius 3 is 2.83 bits per heavy atom. The fourth-order valence-corrected chi connectivity index (χ4v) is 2.89. The van der Waals surface area contributed by atoms with Gasteiger partial charge in [0.2, 0.25) is 0 Å². The van der Waals surface area contributed by atoms with Gasteiger partial charge < -0.3 is 10.1 Å².